The van der Waals surface area contributed by atoms with Gasteiger partial charge in [-0.2, -0.15) is 4.31 Å². The lowest BCUT2D eigenvalue weighted by Crippen LogP contribution is -2.49. The first-order valence-electron chi connectivity index (χ1n) is 6.23. The van der Waals surface area contributed by atoms with E-state index in [2.05, 4.69) is 0 Å². The standard InChI is InChI=1S/C12H16F2N2O3S/c13-10-1-2-11(14)12(9-10)20(18,19)16-5-3-15(4-6-16)7-8-17/h1-2,9,17H,3-8H2. The Kier molecular flexibility index (Phi) is 4.69. The van der Waals surface area contributed by atoms with Crippen LogP contribution in [-0.2, 0) is 10.0 Å². The summed E-state index contributed by atoms with van der Waals surface area (Å²) in [7, 11) is -4.02. The van der Waals surface area contributed by atoms with Gasteiger partial charge in [0.05, 0.1) is 6.61 Å². The molecule has 1 saturated heterocycles. The van der Waals surface area contributed by atoms with Crippen LogP contribution in [0.15, 0.2) is 23.1 Å². The van der Waals surface area contributed by atoms with E-state index >= 15 is 0 Å². The molecule has 1 aromatic carbocycles. The molecule has 5 nitrogen and oxygen atoms in total. The number of hydrogen-bond acceptors (Lipinski definition) is 4. The van der Waals surface area contributed by atoms with E-state index in [1.165, 1.54) is 0 Å². The van der Waals surface area contributed by atoms with E-state index in [1.54, 1.807) is 0 Å². The SMILES string of the molecule is O=S(=O)(c1cc(F)ccc1F)N1CCN(CCO)CC1. The van der Waals surface area contributed by atoms with Gasteiger partial charge in [-0.05, 0) is 18.2 Å². The molecule has 0 atom stereocenters. The van der Waals surface area contributed by atoms with Gasteiger partial charge < -0.3 is 5.11 Å². The molecular formula is C12H16F2N2O3S. The number of aliphatic hydroxyl groups is 1. The Bertz CT molecular complexity index is 572. The topological polar surface area (TPSA) is 60.9 Å². The third-order valence-electron chi connectivity index (χ3n) is 3.26. The van der Waals surface area contributed by atoms with Crippen LogP contribution in [0, 0.1) is 11.6 Å². The van der Waals surface area contributed by atoms with Crippen LogP contribution in [0.1, 0.15) is 0 Å². The smallest absolute Gasteiger partial charge is 0.246 e. The molecule has 20 heavy (non-hydrogen) atoms. The predicted molar refractivity (Wildman–Crippen MR) is 68.6 cm³/mol. The largest absolute Gasteiger partial charge is 0.395 e. The number of rotatable bonds is 4. The summed E-state index contributed by atoms with van der Waals surface area (Å²) in [6, 6.07) is 2.39. The van der Waals surface area contributed by atoms with Crippen molar-refractivity contribution < 1.29 is 22.3 Å². The molecule has 2 rings (SSSR count). The molecule has 1 aromatic rings. The van der Waals surface area contributed by atoms with Crippen molar-refractivity contribution in [2.75, 3.05) is 39.3 Å². The lowest BCUT2D eigenvalue weighted by molar-refractivity contribution is 0.151. The highest BCUT2D eigenvalue weighted by Gasteiger charge is 2.30. The molecule has 0 spiro atoms. The van der Waals surface area contributed by atoms with Crippen LogP contribution in [0.5, 0.6) is 0 Å². The second-order valence-corrected chi connectivity index (χ2v) is 6.45. The number of benzene rings is 1. The Morgan fingerprint density at radius 1 is 1.15 bits per heavy atom. The monoisotopic (exact) mass is 306 g/mol. The fourth-order valence-electron chi connectivity index (χ4n) is 2.15. The highest BCUT2D eigenvalue weighted by molar-refractivity contribution is 7.89. The van der Waals surface area contributed by atoms with Crippen LogP contribution < -0.4 is 0 Å². The third-order valence-corrected chi connectivity index (χ3v) is 5.17. The highest BCUT2D eigenvalue weighted by Crippen LogP contribution is 2.21. The summed E-state index contributed by atoms with van der Waals surface area (Å²) in [5.74, 6) is -1.74. The number of halogens is 2. The van der Waals surface area contributed by atoms with E-state index in [4.69, 9.17) is 5.11 Å². The van der Waals surface area contributed by atoms with Gasteiger partial charge in [-0.15, -0.1) is 0 Å². The zero-order chi connectivity index (χ0) is 14.8. The van der Waals surface area contributed by atoms with E-state index in [-0.39, 0.29) is 19.7 Å². The minimum Gasteiger partial charge on any atom is -0.395 e. The Morgan fingerprint density at radius 3 is 2.40 bits per heavy atom. The third kappa shape index (κ3) is 3.14. The highest BCUT2D eigenvalue weighted by atomic mass is 32.2. The Balaban J connectivity index is 2.18. The summed E-state index contributed by atoms with van der Waals surface area (Å²) in [5.41, 5.74) is 0. The zero-order valence-corrected chi connectivity index (χ0v) is 11.6. The fraction of sp³-hybridized carbons (Fsp3) is 0.500. The van der Waals surface area contributed by atoms with E-state index < -0.39 is 26.6 Å². The minimum atomic E-state index is -4.02. The average Bonchev–Trinajstić information content (AvgIpc) is 2.42. The lowest BCUT2D eigenvalue weighted by Gasteiger charge is -2.33. The van der Waals surface area contributed by atoms with Crippen molar-refractivity contribution >= 4 is 10.0 Å². The van der Waals surface area contributed by atoms with Crippen molar-refractivity contribution in [1.29, 1.82) is 0 Å². The first-order chi connectivity index (χ1) is 9.45. The quantitative estimate of drug-likeness (QED) is 0.867. The minimum absolute atomic E-state index is 0.00523. The first kappa shape index (κ1) is 15.3. The molecule has 0 unspecified atom stereocenters. The summed E-state index contributed by atoms with van der Waals surface area (Å²) in [6.45, 7) is 1.78. The normalized spacial score (nSPS) is 18.4. The van der Waals surface area contributed by atoms with Crippen molar-refractivity contribution in [3.05, 3.63) is 29.8 Å². The summed E-state index contributed by atoms with van der Waals surface area (Å²) in [4.78, 5) is 1.28. The summed E-state index contributed by atoms with van der Waals surface area (Å²) < 4.78 is 52.4. The average molecular weight is 306 g/mol. The summed E-state index contributed by atoms with van der Waals surface area (Å²) >= 11 is 0. The maximum Gasteiger partial charge on any atom is 0.246 e. The molecule has 0 radical (unpaired) electrons. The van der Waals surface area contributed by atoms with Gasteiger partial charge in [0.2, 0.25) is 10.0 Å². The van der Waals surface area contributed by atoms with Crippen LogP contribution in [0.2, 0.25) is 0 Å². The van der Waals surface area contributed by atoms with Gasteiger partial charge in [0.15, 0.2) is 0 Å². The van der Waals surface area contributed by atoms with Gasteiger partial charge in [-0.3, -0.25) is 4.90 Å². The van der Waals surface area contributed by atoms with Crippen molar-refractivity contribution in [1.82, 2.24) is 9.21 Å². The maximum atomic E-state index is 13.6. The Labute approximate surface area is 116 Å². The van der Waals surface area contributed by atoms with Crippen molar-refractivity contribution in [3.8, 4) is 0 Å². The molecule has 0 amide bonds. The first-order valence-corrected chi connectivity index (χ1v) is 7.67. The van der Waals surface area contributed by atoms with Gasteiger partial charge >= 0.3 is 0 Å². The molecule has 1 aliphatic heterocycles. The van der Waals surface area contributed by atoms with Crippen molar-refractivity contribution in [2.45, 2.75) is 4.90 Å². The van der Waals surface area contributed by atoms with Gasteiger partial charge in [-0.25, -0.2) is 17.2 Å². The van der Waals surface area contributed by atoms with Crippen LogP contribution in [0.3, 0.4) is 0 Å². The lowest BCUT2D eigenvalue weighted by atomic mass is 10.3. The number of β-amino-alcohol motifs (C(OH)–C–C–N with tert-alkyl or cyclic N) is 1. The van der Waals surface area contributed by atoms with Crippen LogP contribution >= 0.6 is 0 Å². The summed E-state index contributed by atoms with van der Waals surface area (Å²) in [6.07, 6.45) is 0. The van der Waals surface area contributed by atoms with E-state index in [9.17, 15) is 17.2 Å². The van der Waals surface area contributed by atoms with Gasteiger partial charge in [0, 0.05) is 32.7 Å². The molecule has 0 aliphatic carbocycles. The number of nitrogens with zero attached hydrogens (tertiary/aromatic N) is 2. The second-order valence-electron chi connectivity index (χ2n) is 4.54. The zero-order valence-electron chi connectivity index (χ0n) is 10.8. The fourth-order valence-corrected chi connectivity index (χ4v) is 3.65. The molecule has 1 aliphatic rings. The Morgan fingerprint density at radius 2 is 1.80 bits per heavy atom. The maximum absolute atomic E-state index is 13.6. The molecule has 1 N–H and O–H groups in total. The van der Waals surface area contributed by atoms with E-state index in [0.29, 0.717) is 25.7 Å². The molecular weight excluding hydrogens is 290 g/mol. The number of piperazine rings is 1. The molecule has 0 bridgehead atoms. The van der Waals surface area contributed by atoms with Crippen LogP contribution in [-0.4, -0.2) is 62.1 Å². The molecule has 0 aromatic heterocycles. The number of hydrogen-bond donors (Lipinski definition) is 1. The van der Waals surface area contributed by atoms with Crippen LogP contribution in [0.25, 0.3) is 0 Å². The second kappa shape index (κ2) is 6.13. The molecule has 8 heteroatoms. The molecule has 1 heterocycles. The number of aliphatic hydroxyl groups excluding tert-OH is 1. The number of sulfonamides is 1. The van der Waals surface area contributed by atoms with Crippen LogP contribution in [0.4, 0.5) is 8.78 Å². The van der Waals surface area contributed by atoms with E-state index in [1.807, 2.05) is 4.90 Å². The van der Waals surface area contributed by atoms with Crippen molar-refractivity contribution in [3.63, 3.8) is 0 Å². The van der Waals surface area contributed by atoms with Gasteiger partial charge in [-0.1, -0.05) is 0 Å². The molecule has 1 fully saturated rings. The Hall–Kier alpha value is -1.09. The van der Waals surface area contributed by atoms with Gasteiger partial charge in [0.25, 0.3) is 0 Å². The van der Waals surface area contributed by atoms with Crippen molar-refractivity contribution in [2.24, 2.45) is 0 Å². The van der Waals surface area contributed by atoms with E-state index in [0.717, 1.165) is 16.4 Å². The predicted octanol–water partition coefficient (Wildman–Crippen LogP) is 0.263. The summed E-state index contributed by atoms with van der Waals surface area (Å²) in [5, 5.41) is 8.82. The van der Waals surface area contributed by atoms with Gasteiger partial charge in [0.1, 0.15) is 16.5 Å². The molecule has 112 valence electrons. The molecule has 0 saturated carbocycles.